The average Bonchev–Trinajstić information content (AvgIpc) is 2.97. The molecular weight excluding hydrogens is 323 g/mol. The summed E-state index contributed by atoms with van der Waals surface area (Å²) in [7, 11) is 0. The molecule has 2 rings (SSSR count). The summed E-state index contributed by atoms with van der Waals surface area (Å²) >= 11 is 11.9. The van der Waals surface area contributed by atoms with Gasteiger partial charge in [-0.25, -0.2) is 4.98 Å². The van der Waals surface area contributed by atoms with E-state index in [-0.39, 0.29) is 16.5 Å². The Bertz CT molecular complexity index is 517. The van der Waals surface area contributed by atoms with E-state index >= 15 is 0 Å². The maximum absolute atomic E-state index is 12.3. The number of rotatable bonds is 7. The van der Waals surface area contributed by atoms with Gasteiger partial charge in [-0.2, -0.15) is 0 Å². The van der Waals surface area contributed by atoms with Crippen molar-refractivity contribution in [3.63, 3.8) is 0 Å². The molecule has 1 heterocycles. The average molecular weight is 345 g/mol. The first-order valence-corrected chi connectivity index (χ1v) is 8.49. The van der Waals surface area contributed by atoms with Crippen LogP contribution in [0, 0.1) is 5.41 Å². The summed E-state index contributed by atoms with van der Waals surface area (Å²) in [6.07, 6.45) is 7.06. The van der Waals surface area contributed by atoms with Gasteiger partial charge in [-0.1, -0.05) is 36.0 Å². The highest BCUT2D eigenvalue weighted by atomic mass is 35.5. The number of halogens is 2. The van der Waals surface area contributed by atoms with Crippen LogP contribution in [0.15, 0.2) is 12.3 Å². The third-order valence-electron chi connectivity index (χ3n) is 4.34. The number of hydrogen-bond donors (Lipinski definition) is 1. The van der Waals surface area contributed by atoms with Crippen molar-refractivity contribution in [2.45, 2.75) is 39.0 Å². The first-order chi connectivity index (χ1) is 10.6. The molecule has 0 aromatic carbocycles. The lowest BCUT2D eigenvalue weighted by Crippen LogP contribution is -2.37. The normalized spacial score (nSPS) is 16.7. The Balaban J connectivity index is 1.97. The van der Waals surface area contributed by atoms with Crippen LogP contribution >= 0.6 is 23.2 Å². The molecular formula is C16H22Cl2N2O2. The van der Waals surface area contributed by atoms with E-state index in [0.29, 0.717) is 17.1 Å². The zero-order chi connectivity index (χ0) is 16.0. The van der Waals surface area contributed by atoms with E-state index < -0.39 is 0 Å². The molecule has 0 unspecified atom stereocenters. The molecule has 1 aliphatic rings. The summed E-state index contributed by atoms with van der Waals surface area (Å²) in [5, 5.41) is 3.59. The van der Waals surface area contributed by atoms with E-state index in [9.17, 15) is 4.79 Å². The number of nitrogens with zero attached hydrogens (tertiary/aromatic N) is 1. The Kier molecular flexibility index (Phi) is 6.48. The fourth-order valence-electron chi connectivity index (χ4n) is 3.02. The molecule has 1 aromatic heterocycles. The van der Waals surface area contributed by atoms with Crippen molar-refractivity contribution in [3.8, 4) is 0 Å². The van der Waals surface area contributed by atoms with Gasteiger partial charge in [0.05, 0.1) is 10.6 Å². The molecule has 1 aromatic rings. The van der Waals surface area contributed by atoms with Gasteiger partial charge in [-0.05, 0) is 37.7 Å². The smallest absolute Gasteiger partial charge is 0.252 e. The van der Waals surface area contributed by atoms with Gasteiger partial charge in [-0.3, -0.25) is 4.79 Å². The number of carbonyl (C=O) groups excluding carboxylic acids is 1. The largest absolute Gasteiger partial charge is 0.382 e. The minimum atomic E-state index is -0.197. The van der Waals surface area contributed by atoms with Crippen LogP contribution in [0.1, 0.15) is 49.4 Å². The van der Waals surface area contributed by atoms with Crippen molar-refractivity contribution < 1.29 is 9.53 Å². The number of pyridine rings is 1. The minimum absolute atomic E-state index is 0.147. The van der Waals surface area contributed by atoms with Gasteiger partial charge >= 0.3 is 0 Å². The van der Waals surface area contributed by atoms with Crippen LogP contribution < -0.4 is 5.32 Å². The van der Waals surface area contributed by atoms with Crippen LogP contribution in [0.3, 0.4) is 0 Å². The predicted octanol–water partition coefficient (Wildman–Crippen LogP) is 4.11. The molecule has 4 nitrogen and oxygen atoms in total. The van der Waals surface area contributed by atoms with E-state index in [0.717, 1.165) is 32.5 Å². The standard InChI is InChI=1S/C16H22Cl2N2O2/c1-2-22-8-7-16(5-3-4-6-16)11-20-15(21)12-9-14(18)19-10-13(12)17/h9-10H,2-8,11H2,1H3,(H,20,21). The number of carbonyl (C=O) groups is 1. The molecule has 122 valence electrons. The van der Waals surface area contributed by atoms with E-state index in [4.69, 9.17) is 27.9 Å². The van der Waals surface area contributed by atoms with Crippen LogP contribution in [-0.4, -0.2) is 30.6 Å². The number of hydrogen-bond acceptors (Lipinski definition) is 3. The molecule has 1 aliphatic carbocycles. The maximum Gasteiger partial charge on any atom is 0.252 e. The number of aromatic nitrogens is 1. The summed E-state index contributed by atoms with van der Waals surface area (Å²) in [6, 6.07) is 1.50. The molecule has 0 radical (unpaired) electrons. The van der Waals surface area contributed by atoms with Crippen molar-refractivity contribution >= 4 is 29.1 Å². The SMILES string of the molecule is CCOCCC1(CNC(=O)c2cc(Cl)ncc2Cl)CCCC1. The summed E-state index contributed by atoms with van der Waals surface area (Å²) in [5.74, 6) is -0.197. The molecule has 0 spiro atoms. The van der Waals surface area contributed by atoms with Crippen molar-refractivity contribution in [3.05, 3.63) is 28.0 Å². The van der Waals surface area contributed by atoms with E-state index in [1.165, 1.54) is 25.1 Å². The zero-order valence-corrected chi connectivity index (χ0v) is 14.3. The van der Waals surface area contributed by atoms with E-state index in [1.54, 1.807) is 0 Å². The van der Waals surface area contributed by atoms with Crippen molar-refractivity contribution in [2.24, 2.45) is 5.41 Å². The second-order valence-electron chi connectivity index (χ2n) is 5.82. The Morgan fingerprint density at radius 1 is 1.41 bits per heavy atom. The zero-order valence-electron chi connectivity index (χ0n) is 12.8. The third-order valence-corrected chi connectivity index (χ3v) is 4.84. The summed E-state index contributed by atoms with van der Waals surface area (Å²) in [4.78, 5) is 16.2. The molecule has 6 heteroatoms. The lowest BCUT2D eigenvalue weighted by molar-refractivity contribution is 0.0863. The maximum atomic E-state index is 12.3. The number of ether oxygens (including phenoxy) is 1. The lowest BCUT2D eigenvalue weighted by Gasteiger charge is -2.29. The highest BCUT2D eigenvalue weighted by Crippen LogP contribution is 2.40. The van der Waals surface area contributed by atoms with Crippen molar-refractivity contribution in [1.82, 2.24) is 10.3 Å². The molecule has 22 heavy (non-hydrogen) atoms. The summed E-state index contributed by atoms with van der Waals surface area (Å²) < 4.78 is 5.49. The molecule has 0 atom stereocenters. The third kappa shape index (κ3) is 4.58. The van der Waals surface area contributed by atoms with Gasteiger partial charge in [-0.15, -0.1) is 0 Å². The first-order valence-electron chi connectivity index (χ1n) is 7.73. The first kappa shape index (κ1) is 17.5. The van der Waals surface area contributed by atoms with Gasteiger partial charge in [0.2, 0.25) is 0 Å². The van der Waals surface area contributed by atoms with Gasteiger partial charge < -0.3 is 10.1 Å². The van der Waals surface area contributed by atoms with E-state index in [2.05, 4.69) is 10.3 Å². The van der Waals surface area contributed by atoms with Crippen LogP contribution in [0.5, 0.6) is 0 Å². The Morgan fingerprint density at radius 3 is 2.82 bits per heavy atom. The molecule has 1 N–H and O–H groups in total. The van der Waals surface area contributed by atoms with Gasteiger partial charge in [0.25, 0.3) is 5.91 Å². The van der Waals surface area contributed by atoms with Gasteiger partial charge in [0.15, 0.2) is 0 Å². The highest BCUT2D eigenvalue weighted by molar-refractivity contribution is 6.35. The monoisotopic (exact) mass is 344 g/mol. The lowest BCUT2D eigenvalue weighted by atomic mass is 9.83. The Hall–Kier alpha value is -0.840. The summed E-state index contributed by atoms with van der Waals surface area (Å²) in [5.41, 5.74) is 0.522. The second kappa shape index (κ2) is 8.14. The summed E-state index contributed by atoms with van der Waals surface area (Å²) in [6.45, 7) is 4.12. The fourth-order valence-corrected chi connectivity index (χ4v) is 3.37. The van der Waals surface area contributed by atoms with Crippen LogP contribution in [0.2, 0.25) is 10.2 Å². The Morgan fingerprint density at radius 2 is 2.14 bits per heavy atom. The fraction of sp³-hybridized carbons (Fsp3) is 0.625. The van der Waals surface area contributed by atoms with Gasteiger partial charge in [0.1, 0.15) is 5.15 Å². The molecule has 0 aliphatic heterocycles. The number of amides is 1. The topological polar surface area (TPSA) is 51.2 Å². The minimum Gasteiger partial charge on any atom is -0.382 e. The quantitative estimate of drug-likeness (QED) is 0.598. The second-order valence-corrected chi connectivity index (χ2v) is 6.62. The molecule has 1 fully saturated rings. The molecule has 0 saturated heterocycles. The Labute approximate surface area is 141 Å². The van der Waals surface area contributed by atoms with Crippen LogP contribution in [0.25, 0.3) is 0 Å². The molecule has 1 saturated carbocycles. The molecule has 0 bridgehead atoms. The predicted molar refractivity (Wildman–Crippen MR) is 88.6 cm³/mol. The van der Waals surface area contributed by atoms with Gasteiger partial charge in [0, 0.05) is 26.0 Å². The van der Waals surface area contributed by atoms with Crippen molar-refractivity contribution in [1.29, 1.82) is 0 Å². The van der Waals surface area contributed by atoms with Crippen LogP contribution in [-0.2, 0) is 4.74 Å². The number of nitrogens with one attached hydrogen (secondary N) is 1. The van der Waals surface area contributed by atoms with Crippen molar-refractivity contribution in [2.75, 3.05) is 19.8 Å². The van der Waals surface area contributed by atoms with E-state index in [1.807, 2.05) is 6.92 Å². The van der Waals surface area contributed by atoms with Crippen LogP contribution in [0.4, 0.5) is 0 Å². The highest BCUT2D eigenvalue weighted by Gasteiger charge is 2.34. The molecule has 1 amide bonds.